The maximum atomic E-state index is 12.2. The van der Waals surface area contributed by atoms with Crippen molar-refractivity contribution in [2.45, 2.75) is 6.42 Å². The third kappa shape index (κ3) is 4.65. The molecular formula is C18H17Cl2N3O2. The molecule has 0 aliphatic carbocycles. The van der Waals surface area contributed by atoms with Crippen molar-refractivity contribution >= 4 is 46.5 Å². The third-order valence-corrected chi connectivity index (χ3v) is 4.46. The Labute approximate surface area is 155 Å². The highest BCUT2D eigenvalue weighted by Crippen LogP contribution is 2.26. The number of benzene rings is 2. The molecule has 1 atom stereocenters. The van der Waals surface area contributed by atoms with Gasteiger partial charge in [-0.15, -0.1) is 0 Å². The van der Waals surface area contributed by atoms with Gasteiger partial charge in [-0.3, -0.25) is 4.79 Å². The van der Waals surface area contributed by atoms with Crippen LogP contribution in [0.2, 0.25) is 10.0 Å². The van der Waals surface area contributed by atoms with Crippen molar-refractivity contribution in [1.82, 2.24) is 5.32 Å². The summed E-state index contributed by atoms with van der Waals surface area (Å²) in [5.74, 6) is 0.109. The number of carbonyl (C=O) groups excluding carboxylic acids is 2. The van der Waals surface area contributed by atoms with Crippen molar-refractivity contribution < 1.29 is 9.59 Å². The number of nitrogens with zero attached hydrogens (tertiary/aromatic N) is 1. The molecule has 2 aromatic carbocycles. The number of carbonyl (C=O) groups is 2. The number of urea groups is 1. The van der Waals surface area contributed by atoms with E-state index in [2.05, 4.69) is 10.6 Å². The van der Waals surface area contributed by atoms with E-state index >= 15 is 0 Å². The predicted octanol–water partition coefficient (Wildman–Crippen LogP) is 4.17. The molecule has 1 fully saturated rings. The van der Waals surface area contributed by atoms with Crippen molar-refractivity contribution in [2.75, 3.05) is 23.3 Å². The van der Waals surface area contributed by atoms with Gasteiger partial charge >= 0.3 is 6.03 Å². The first-order chi connectivity index (χ1) is 12.0. The topological polar surface area (TPSA) is 61.4 Å². The number of amides is 3. The molecule has 1 saturated heterocycles. The molecule has 2 N–H and O–H groups in total. The highest BCUT2D eigenvalue weighted by Gasteiger charge is 2.30. The second kappa shape index (κ2) is 7.76. The van der Waals surface area contributed by atoms with E-state index in [1.807, 2.05) is 12.1 Å². The van der Waals surface area contributed by atoms with E-state index in [4.69, 9.17) is 23.2 Å². The van der Waals surface area contributed by atoms with Gasteiger partial charge in [-0.05, 0) is 42.5 Å². The van der Waals surface area contributed by atoms with Crippen molar-refractivity contribution in [3.63, 3.8) is 0 Å². The molecule has 0 aromatic heterocycles. The van der Waals surface area contributed by atoms with Crippen LogP contribution in [0.1, 0.15) is 6.42 Å². The second-order valence-corrected chi connectivity index (χ2v) is 6.77. The van der Waals surface area contributed by atoms with E-state index in [0.717, 1.165) is 5.69 Å². The van der Waals surface area contributed by atoms with Crippen LogP contribution in [0.4, 0.5) is 16.2 Å². The first kappa shape index (κ1) is 17.6. The predicted molar refractivity (Wildman–Crippen MR) is 100 cm³/mol. The summed E-state index contributed by atoms with van der Waals surface area (Å²) >= 11 is 11.8. The first-order valence-electron chi connectivity index (χ1n) is 7.87. The lowest BCUT2D eigenvalue weighted by Gasteiger charge is -2.17. The van der Waals surface area contributed by atoms with Crippen LogP contribution < -0.4 is 15.5 Å². The lowest BCUT2D eigenvalue weighted by Crippen LogP contribution is -2.34. The zero-order valence-electron chi connectivity index (χ0n) is 13.3. The average Bonchev–Trinajstić information content (AvgIpc) is 2.95. The Morgan fingerprint density at radius 3 is 2.60 bits per heavy atom. The van der Waals surface area contributed by atoms with Gasteiger partial charge in [0.2, 0.25) is 5.91 Å². The van der Waals surface area contributed by atoms with Gasteiger partial charge in [0.15, 0.2) is 0 Å². The Kier molecular flexibility index (Phi) is 5.46. The number of rotatable bonds is 4. The summed E-state index contributed by atoms with van der Waals surface area (Å²) in [5.41, 5.74) is 1.44. The molecular weight excluding hydrogens is 361 g/mol. The fourth-order valence-corrected chi connectivity index (χ4v) is 3.08. The summed E-state index contributed by atoms with van der Waals surface area (Å²) < 4.78 is 0. The quantitative estimate of drug-likeness (QED) is 0.839. The van der Waals surface area contributed by atoms with Gasteiger partial charge in [-0.2, -0.15) is 0 Å². The zero-order valence-corrected chi connectivity index (χ0v) is 14.8. The molecule has 0 spiro atoms. The van der Waals surface area contributed by atoms with Crippen molar-refractivity contribution in [2.24, 2.45) is 5.92 Å². The van der Waals surface area contributed by atoms with Crippen LogP contribution in [0, 0.1) is 5.92 Å². The van der Waals surface area contributed by atoms with E-state index in [1.54, 1.807) is 41.3 Å². The van der Waals surface area contributed by atoms with Gasteiger partial charge in [-0.1, -0.05) is 29.3 Å². The maximum absolute atomic E-state index is 12.2. The highest BCUT2D eigenvalue weighted by molar-refractivity contribution is 6.31. The van der Waals surface area contributed by atoms with E-state index < -0.39 is 0 Å². The molecule has 1 unspecified atom stereocenters. The molecule has 3 amide bonds. The smallest absolute Gasteiger partial charge is 0.319 e. The van der Waals surface area contributed by atoms with Crippen LogP contribution in [0.15, 0.2) is 48.5 Å². The summed E-state index contributed by atoms with van der Waals surface area (Å²) in [7, 11) is 0. The van der Waals surface area contributed by atoms with Gasteiger partial charge in [-0.25, -0.2) is 4.79 Å². The maximum Gasteiger partial charge on any atom is 0.319 e. The Morgan fingerprint density at radius 1 is 1.12 bits per heavy atom. The lowest BCUT2D eigenvalue weighted by molar-refractivity contribution is -0.117. The normalized spacial score (nSPS) is 16.8. The summed E-state index contributed by atoms with van der Waals surface area (Å²) in [4.78, 5) is 25.9. The third-order valence-electron chi connectivity index (χ3n) is 3.98. The average molecular weight is 378 g/mol. The first-order valence-corrected chi connectivity index (χ1v) is 8.63. The summed E-state index contributed by atoms with van der Waals surface area (Å²) in [6.45, 7) is 0.986. The van der Waals surface area contributed by atoms with Crippen molar-refractivity contribution in [3.8, 4) is 0 Å². The Morgan fingerprint density at radius 2 is 1.88 bits per heavy atom. The lowest BCUT2D eigenvalue weighted by atomic mass is 10.1. The van der Waals surface area contributed by atoms with E-state index in [9.17, 15) is 9.59 Å². The molecule has 5 nitrogen and oxygen atoms in total. The van der Waals surface area contributed by atoms with Crippen molar-refractivity contribution in [3.05, 3.63) is 58.6 Å². The molecule has 25 heavy (non-hydrogen) atoms. The van der Waals surface area contributed by atoms with Crippen LogP contribution in [0.3, 0.4) is 0 Å². The minimum atomic E-state index is -0.320. The second-order valence-electron chi connectivity index (χ2n) is 5.90. The van der Waals surface area contributed by atoms with Crippen molar-refractivity contribution in [1.29, 1.82) is 0 Å². The fraction of sp³-hybridized carbons (Fsp3) is 0.222. The molecule has 2 aromatic rings. The minimum absolute atomic E-state index is 0.0457. The number of hydrogen-bond acceptors (Lipinski definition) is 2. The molecule has 1 aliphatic heterocycles. The summed E-state index contributed by atoms with van der Waals surface area (Å²) in [6.07, 6.45) is 0.403. The van der Waals surface area contributed by atoms with Gasteiger partial charge < -0.3 is 15.5 Å². The SMILES string of the molecule is O=C(NCC1CC(=O)N(c2ccc(Cl)cc2)C1)Nc1cccc(Cl)c1. The van der Waals surface area contributed by atoms with Crippen LogP contribution in [0.5, 0.6) is 0 Å². The Balaban J connectivity index is 1.51. The van der Waals surface area contributed by atoms with Gasteiger partial charge in [0.1, 0.15) is 0 Å². The van der Waals surface area contributed by atoms with Gasteiger partial charge in [0.25, 0.3) is 0 Å². The van der Waals surface area contributed by atoms with Crippen LogP contribution in [0.25, 0.3) is 0 Å². The molecule has 1 aliphatic rings. The largest absolute Gasteiger partial charge is 0.338 e. The van der Waals surface area contributed by atoms with Crippen LogP contribution in [-0.2, 0) is 4.79 Å². The number of hydrogen-bond donors (Lipinski definition) is 2. The fourth-order valence-electron chi connectivity index (χ4n) is 2.77. The number of nitrogens with one attached hydrogen (secondary N) is 2. The molecule has 7 heteroatoms. The molecule has 1 heterocycles. The summed E-state index contributed by atoms with van der Waals surface area (Å²) in [5, 5.41) is 6.70. The molecule has 130 valence electrons. The molecule has 0 saturated carbocycles. The van der Waals surface area contributed by atoms with Gasteiger partial charge in [0, 0.05) is 46.8 Å². The minimum Gasteiger partial charge on any atom is -0.338 e. The van der Waals surface area contributed by atoms with E-state index in [0.29, 0.717) is 35.2 Å². The van der Waals surface area contributed by atoms with Crippen LogP contribution in [-0.4, -0.2) is 25.0 Å². The molecule has 0 radical (unpaired) electrons. The Hall–Kier alpha value is -2.24. The van der Waals surface area contributed by atoms with Gasteiger partial charge in [0.05, 0.1) is 0 Å². The molecule has 0 bridgehead atoms. The standard InChI is InChI=1S/C18H17Cl2N3O2/c19-13-4-6-16(7-5-13)23-11-12(8-17(23)24)10-21-18(25)22-15-3-1-2-14(20)9-15/h1-7,9,12H,8,10-11H2,(H2,21,22,25). The van der Waals surface area contributed by atoms with Crippen LogP contribution >= 0.6 is 23.2 Å². The monoisotopic (exact) mass is 377 g/mol. The van der Waals surface area contributed by atoms with E-state index in [-0.39, 0.29) is 17.9 Å². The summed E-state index contributed by atoms with van der Waals surface area (Å²) in [6, 6.07) is 13.8. The van der Waals surface area contributed by atoms with E-state index in [1.165, 1.54) is 0 Å². The molecule has 3 rings (SSSR count). The number of halogens is 2. The Bertz CT molecular complexity index is 780. The zero-order chi connectivity index (χ0) is 17.8. The number of anilines is 2. The highest BCUT2D eigenvalue weighted by atomic mass is 35.5.